The maximum Gasteiger partial charge on any atom is 0.331 e. The highest BCUT2D eigenvalue weighted by atomic mass is 79.9. The van der Waals surface area contributed by atoms with E-state index in [9.17, 15) is 14.7 Å². The number of nitrogens with zero attached hydrogens (tertiary/aromatic N) is 5. The van der Waals surface area contributed by atoms with Crippen LogP contribution in [0.25, 0.3) is 16.7 Å². The van der Waals surface area contributed by atoms with Gasteiger partial charge < -0.3 is 10.0 Å². The van der Waals surface area contributed by atoms with E-state index in [-0.39, 0.29) is 5.78 Å². The van der Waals surface area contributed by atoms with E-state index in [1.54, 1.807) is 40.8 Å². The third kappa shape index (κ3) is 2.88. The molecule has 2 aromatic heterocycles. The number of hydrogen-bond acceptors (Lipinski definition) is 5. The van der Waals surface area contributed by atoms with Gasteiger partial charge in [0, 0.05) is 17.6 Å². The van der Waals surface area contributed by atoms with Crippen LogP contribution in [0.4, 0.5) is 5.95 Å². The van der Waals surface area contributed by atoms with Crippen LogP contribution in [-0.2, 0) is 4.79 Å². The minimum atomic E-state index is -1.22. The van der Waals surface area contributed by atoms with Gasteiger partial charge >= 0.3 is 5.97 Å². The van der Waals surface area contributed by atoms with Crippen molar-refractivity contribution in [3.8, 4) is 0 Å². The summed E-state index contributed by atoms with van der Waals surface area (Å²) in [6.45, 7) is 1.69. The number of fused-ring (bicyclic) bond motifs is 3. The zero-order chi connectivity index (χ0) is 20.8. The molecule has 2 aromatic carbocycles. The number of hydrogen-bond donors (Lipinski definition) is 1. The Bertz CT molecular complexity index is 1330. The number of carboxylic acid groups (broad SMARTS) is 1. The summed E-state index contributed by atoms with van der Waals surface area (Å²) in [5.74, 6) is -0.293. The molecule has 0 spiro atoms. The maximum atomic E-state index is 13.5. The van der Waals surface area contributed by atoms with Gasteiger partial charge in [-0.05, 0) is 36.6 Å². The number of carbonyl (C=O) groups is 1. The molecule has 5 rings (SSSR count). The van der Waals surface area contributed by atoms with Crippen molar-refractivity contribution in [2.24, 2.45) is 0 Å². The monoisotopic (exact) mass is 467 g/mol. The van der Waals surface area contributed by atoms with Gasteiger partial charge in [0.25, 0.3) is 5.56 Å². The molecule has 4 aromatic rings. The van der Waals surface area contributed by atoms with Gasteiger partial charge in [0.2, 0.25) is 11.7 Å². The van der Waals surface area contributed by atoms with Crippen LogP contribution in [0.1, 0.15) is 24.4 Å². The highest BCUT2D eigenvalue weighted by Gasteiger charge is 2.30. The molecule has 1 saturated heterocycles. The number of anilines is 1. The van der Waals surface area contributed by atoms with Crippen molar-refractivity contribution in [3.63, 3.8) is 0 Å². The van der Waals surface area contributed by atoms with Gasteiger partial charge in [-0.3, -0.25) is 9.36 Å². The second-order valence-corrected chi connectivity index (χ2v) is 8.23. The zero-order valence-corrected chi connectivity index (χ0v) is 17.5. The van der Waals surface area contributed by atoms with Crippen molar-refractivity contribution >= 4 is 44.5 Å². The molecule has 9 heteroatoms. The second kappa shape index (κ2) is 7.24. The standard InChI is InChI=1S/C21H18BrN5O3/c22-14-8-9-16-15(12-14)18(28)27(17(19(29)30)13-6-2-1-3-7-13)21-24-23-20(26(16)21)25-10-4-5-11-25/h1-3,6-9,12,17H,4-5,10-11H2,(H,29,30). The smallest absolute Gasteiger partial charge is 0.331 e. The Labute approximate surface area is 179 Å². The normalized spacial score (nSPS) is 15.2. The predicted octanol–water partition coefficient (Wildman–Crippen LogP) is 3.08. The molecular weight excluding hydrogens is 450 g/mol. The minimum Gasteiger partial charge on any atom is -0.479 e. The molecule has 3 heterocycles. The average Bonchev–Trinajstić information content (AvgIpc) is 3.41. The van der Waals surface area contributed by atoms with E-state index in [0.29, 0.717) is 22.4 Å². The molecule has 0 aliphatic carbocycles. The predicted molar refractivity (Wildman–Crippen MR) is 116 cm³/mol. The second-order valence-electron chi connectivity index (χ2n) is 7.32. The topological polar surface area (TPSA) is 92.7 Å². The Hall–Kier alpha value is -3.20. The highest BCUT2D eigenvalue weighted by molar-refractivity contribution is 9.10. The van der Waals surface area contributed by atoms with Crippen molar-refractivity contribution in [1.82, 2.24) is 19.2 Å². The third-order valence-electron chi connectivity index (χ3n) is 5.49. The zero-order valence-electron chi connectivity index (χ0n) is 15.9. The van der Waals surface area contributed by atoms with Gasteiger partial charge in [-0.25, -0.2) is 9.20 Å². The molecule has 1 N–H and O–H groups in total. The molecule has 0 bridgehead atoms. The van der Waals surface area contributed by atoms with Crippen molar-refractivity contribution in [2.45, 2.75) is 18.9 Å². The van der Waals surface area contributed by atoms with Crippen LogP contribution in [0.5, 0.6) is 0 Å². The van der Waals surface area contributed by atoms with Crippen LogP contribution in [0, 0.1) is 0 Å². The molecule has 1 unspecified atom stereocenters. The first kappa shape index (κ1) is 18.8. The summed E-state index contributed by atoms with van der Waals surface area (Å²) in [6.07, 6.45) is 2.11. The summed E-state index contributed by atoms with van der Waals surface area (Å²) >= 11 is 3.43. The Morgan fingerprint density at radius 3 is 2.50 bits per heavy atom. The van der Waals surface area contributed by atoms with E-state index < -0.39 is 17.6 Å². The Morgan fingerprint density at radius 1 is 1.07 bits per heavy atom. The van der Waals surface area contributed by atoms with Crippen LogP contribution >= 0.6 is 15.9 Å². The lowest BCUT2D eigenvalue weighted by molar-refractivity contribution is -0.139. The lowest BCUT2D eigenvalue weighted by atomic mass is 10.1. The molecular formula is C21H18BrN5O3. The molecule has 1 aliphatic rings. The first-order valence-electron chi connectivity index (χ1n) is 9.68. The van der Waals surface area contributed by atoms with Gasteiger partial charge in [-0.15, -0.1) is 10.2 Å². The van der Waals surface area contributed by atoms with Crippen molar-refractivity contribution in [3.05, 3.63) is 68.9 Å². The first-order valence-corrected chi connectivity index (χ1v) is 10.5. The fourth-order valence-electron chi connectivity index (χ4n) is 4.13. The Morgan fingerprint density at radius 2 is 1.80 bits per heavy atom. The summed E-state index contributed by atoms with van der Waals surface area (Å²) in [4.78, 5) is 28.0. The van der Waals surface area contributed by atoms with Gasteiger partial charge in [-0.1, -0.05) is 46.3 Å². The fraction of sp³-hybridized carbons (Fsp3) is 0.238. The fourth-order valence-corrected chi connectivity index (χ4v) is 4.49. The average molecular weight is 468 g/mol. The van der Waals surface area contributed by atoms with Crippen molar-refractivity contribution in [2.75, 3.05) is 18.0 Å². The molecule has 1 fully saturated rings. The SMILES string of the molecule is O=C(O)C(c1ccccc1)n1c(=O)c2cc(Br)ccc2n2c(N3CCCC3)nnc12. The molecule has 30 heavy (non-hydrogen) atoms. The van der Waals surface area contributed by atoms with Crippen molar-refractivity contribution < 1.29 is 9.90 Å². The van der Waals surface area contributed by atoms with E-state index in [1.807, 2.05) is 12.1 Å². The van der Waals surface area contributed by atoms with E-state index in [4.69, 9.17) is 0 Å². The van der Waals surface area contributed by atoms with Crippen LogP contribution in [0.2, 0.25) is 0 Å². The van der Waals surface area contributed by atoms with Gasteiger partial charge in [0.05, 0.1) is 10.9 Å². The maximum absolute atomic E-state index is 13.5. The number of rotatable bonds is 4. The number of halogens is 1. The lowest BCUT2D eigenvalue weighted by Crippen LogP contribution is -2.33. The third-order valence-corrected chi connectivity index (χ3v) is 5.98. The molecule has 0 radical (unpaired) electrons. The Kier molecular flexibility index (Phi) is 4.54. The van der Waals surface area contributed by atoms with Crippen LogP contribution in [0.3, 0.4) is 0 Å². The number of benzene rings is 2. The number of aliphatic carboxylic acids is 1. The molecule has 0 amide bonds. The van der Waals surface area contributed by atoms with E-state index in [2.05, 4.69) is 31.0 Å². The Balaban J connectivity index is 1.90. The molecule has 0 saturated carbocycles. The molecule has 1 aliphatic heterocycles. The summed E-state index contributed by atoms with van der Waals surface area (Å²) in [6, 6.07) is 12.9. The molecule has 152 valence electrons. The lowest BCUT2D eigenvalue weighted by Gasteiger charge is -2.20. The van der Waals surface area contributed by atoms with Crippen LogP contribution < -0.4 is 10.5 Å². The van der Waals surface area contributed by atoms with Crippen LogP contribution in [-0.4, -0.2) is 43.3 Å². The van der Waals surface area contributed by atoms with Crippen LogP contribution in [0.15, 0.2) is 57.8 Å². The summed E-state index contributed by atoms with van der Waals surface area (Å²) < 4.78 is 3.77. The summed E-state index contributed by atoms with van der Waals surface area (Å²) in [5.41, 5.74) is 0.725. The van der Waals surface area contributed by atoms with Crippen molar-refractivity contribution in [1.29, 1.82) is 0 Å². The molecule has 1 atom stereocenters. The number of carboxylic acids is 1. The van der Waals surface area contributed by atoms with Gasteiger partial charge in [-0.2, -0.15) is 0 Å². The number of aromatic nitrogens is 4. The quantitative estimate of drug-likeness (QED) is 0.495. The highest BCUT2D eigenvalue weighted by Crippen LogP contribution is 2.27. The minimum absolute atomic E-state index is 0.216. The van der Waals surface area contributed by atoms with Gasteiger partial charge in [0.1, 0.15) is 0 Å². The van der Waals surface area contributed by atoms with E-state index >= 15 is 0 Å². The molecule has 8 nitrogen and oxygen atoms in total. The summed E-state index contributed by atoms with van der Waals surface area (Å²) in [7, 11) is 0. The first-order chi connectivity index (χ1) is 14.6. The van der Waals surface area contributed by atoms with Gasteiger partial charge in [0.15, 0.2) is 6.04 Å². The summed E-state index contributed by atoms with van der Waals surface area (Å²) in [5, 5.41) is 19.1. The van der Waals surface area contributed by atoms with E-state index in [0.717, 1.165) is 30.4 Å². The van der Waals surface area contributed by atoms with E-state index in [1.165, 1.54) is 4.57 Å². The largest absolute Gasteiger partial charge is 0.479 e.